The molecule has 4 fully saturated rings. The first-order valence-electron chi connectivity index (χ1n) is 15.5. The van der Waals surface area contributed by atoms with Crippen molar-refractivity contribution >= 4 is 27.5 Å². The van der Waals surface area contributed by atoms with Crippen molar-refractivity contribution in [2.45, 2.75) is 62.1 Å². The number of hydrogen-bond acceptors (Lipinski definition) is 9. The van der Waals surface area contributed by atoms with Crippen LogP contribution in [0, 0.1) is 5.82 Å². The zero-order valence-electron chi connectivity index (χ0n) is 24.3. The molecule has 10 heteroatoms. The Labute approximate surface area is 249 Å². The fourth-order valence-electron chi connectivity index (χ4n) is 8.02. The summed E-state index contributed by atoms with van der Waals surface area (Å²) in [6.45, 7) is 4.68. The lowest BCUT2D eigenvalue weighted by atomic mass is 9.87. The summed E-state index contributed by atoms with van der Waals surface area (Å²) in [6, 6.07) is 11.1. The van der Waals surface area contributed by atoms with E-state index in [0.717, 1.165) is 68.8 Å². The van der Waals surface area contributed by atoms with Crippen molar-refractivity contribution in [3.63, 3.8) is 0 Å². The molecule has 6 heterocycles. The first kappa shape index (κ1) is 27.0. The van der Waals surface area contributed by atoms with Crippen molar-refractivity contribution in [2.24, 2.45) is 5.73 Å². The standard InChI is InChI=1S/C33H37FN6O3/c34-27-28(25-16-23(41)15-21-5-1-2-6-24(21)25)36-18-26-29(27)37-31(42-20-32-7-3-11-40(32)12-4-8-32)38-30(26)39-13-9-33(10-14-39)17-22(35)19-43-33/h1-2,5-6,15-16,18,22,41H,3-4,7-14,17,19-20,35H2. The van der Waals surface area contributed by atoms with Gasteiger partial charge in [-0.25, -0.2) is 4.39 Å². The number of ether oxygens (including phenoxy) is 2. The van der Waals surface area contributed by atoms with Crippen LogP contribution in [0.25, 0.3) is 32.9 Å². The maximum Gasteiger partial charge on any atom is 0.319 e. The monoisotopic (exact) mass is 584 g/mol. The predicted octanol–water partition coefficient (Wildman–Crippen LogP) is 4.78. The lowest BCUT2D eigenvalue weighted by Gasteiger charge is -2.39. The number of nitrogens with zero attached hydrogens (tertiary/aromatic N) is 5. The molecule has 0 radical (unpaired) electrons. The molecule has 1 spiro atoms. The van der Waals surface area contributed by atoms with Gasteiger partial charge in [-0.1, -0.05) is 24.3 Å². The minimum absolute atomic E-state index is 0.0109. The number of piperidine rings is 1. The third-order valence-electron chi connectivity index (χ3n) is 10.2. The first-order chi connectivity index (χ1) is 20.9. The third kappa shape index (κ3) is 4.58. The Hall–Kier alpha value is -3.60. The second-order valence-corrected chi connectivity index (χ2v) is 12.9. The molecule has 0 saturated carbocycles. The summed E-state index contributed by atoms with van der Waals surface area (Å²) in [5, 5.41) is 12.6. The Morgan fingerprint density at radius 2 is 1.81 bits per heavy atom. The Morgan fingerprint density at radius 3 is 2.58 bits per heavy atom. The molecule has 2 aromatic heterocycles. The smallest absolute Gasteiger partial charge is 0.319 e. The molecule has 8 rings (SSSR count). The van der Waals surface area contributed by atoms with Gasteiger partial charge in [0.05, 0.1) is 23.1 Å². The van der Waals surface area contributed by atoms with E-state index in [9.17, 15) is 5.11 Å². The summed E-state index contributed by atoms with van der Waals surface area (Å²) >= 11 is 0. The van der Waals surface area contributed by atoms with E-state index >= 15 is 4.39 Å². The second-order valence-electron chi connectivity index (χ2n) is 12.9. The van der Waals surface area contributed by atoms with Crippen LogP contribution in [-0.4, -0.2) is 81.5 Å². The highest BCUT2D eigenvalue weighted by Gasteiger charge is 2.45. The van der Waals surface area contributed by atoms with Gasteiger partial charge in [0.25, 0.3) is 0 Å². The molecule has 4 aromatic rings. The van der Waals surface area contributed by atoms with Crippen molar-refractivity contribution < 1.29 is 19.0 Å². The van der Waals surface area contributed by atoms with Gasteiger partial charge in [-0.05, 0) is 80.9 Å². The number of halogens is 1. The molecule has 4 saturated heterocycles. The zero-order chi connectivity index (χ0) is 29.2. The molecule has 3 N–H and O–H groups in total. The van der Waals surface area contributed by atoms with E-state index in [1.165, 1.54) is 0 Å². The Morgan fingerprint density at radius 1 is 1.02 bits per heavy atom. The topological polar surface area (TPSA) is 110 Å². The lowest BCUT2D eigenvalue weighted by molar-refractivity contribution is -0.0149. The molecule has 0 bridgehead atoms. The Bertz CT molecular complexity index is 1700. The zero-order valence-corrected chi connectivity index (χ0v) is 24.3. The van der Waals surface area contributed by atoms with Crippen molar-refractivity contribution in [1.82, 2.24) is 19.9 Å². The average molecular weight is 585 g/mol. The van der Waals surface area contributed by atoms with Gasteiger partial charge < -0.3 is 25.2 Å². The fourth-order valence-corrected chi connectivity index (χ4v) is 8.02. The largest absolute Gasteiger partial charge is 0.508 e. The highest BCUT2D eigenvalue weighted by atomic mass is 19.1. The minimum atomic E-state index is -0.554. The van der Waals surface area contributed by atoms with Crippen molar-refractivity contribution in [3.05, 3.63) is 48.4 Å². The van der Waals surface area contributed by atoms with E-state index < -0.39 is 5.82 Å². The van der Waals surface area contributed by atoms with E-state index in [0.29, 0.717) is 43.1 Å². The highest BCUT2D eigenvalue weighted by molar-refractivity contribution is 5.99. The summed E-state index contributed by atoms with van der Waals surface area (Å²) in [5.41, 5.74) is 6.81. The number of fused-ring (bicyclic) bond motifs is 3. The first-order valence-corrected chi connectivity index (χ1v) is 15.5. The van der Waals surface area contributed by atoms with Gasteiger partial charge in [-0.15, -0.1) is 0 Å². The number of benzene rings is 2. The molecule has 4 aliphatic rings. The quantitative estimate of drug-likeness (QED) is 0.342. The number of rotatable bonds is 5. The van der Waals surface area contributed by atoms with Crippen LogP contribution < -0.4 is 15.4 Å². The molecule has 0 amide bonds. The van der Waals surface area contributed by atoms with E-state index in [-0.39, 0.29) is 40.2 Å². The Balaban J connectivity index is 1.21. The predicted molar refractivity (Wildman–Crippen MR) is 163 cm³/mol. The van der Waals surface area contributed by atoms with Crippen LogP contribution >= 0.6 is 0 Å². The van der Waals surface area contributed by atoms with Crippen LogP contribution in [0.1, 0.15) is 44.9 Å². The SMILES string of the molecule is NC1COC2(CCN(c3nc(OCC45CCCN4CCC5)nc4c(F)c(-c5cc(O)cc6ccccc56)ncc34)CC2)C1. The molecule has 1 unspecified atom stereocenters. The maximum atomic E-state index is 16.6. The molecule has 0 aliphatic carbocycles. The maximum absolute atomic E-state index is 16.6. The number of aromatic nitrogens is 3. The molecule has 224 valence electrons. The molecular formula is C33H37FN6O3. The third-order valence-corrected chi connectivity index (χ3v) is 10.2. The number of aromatic hydroxyl groups is 1. The van der Waals surface area contributed by atoms with E-state index in [4.69, 9.17) is 20.2 Å². The number of pyridine rings is 1. The van der Waals surface area contributed by atoms with Crippen molar-refractivity contribution in [2.75, 3.05) is 44.3 Å². The summed E-state index contributed by atoms with van der Waals surface area (Å²) in [6.07, 6.45) is 8.68. The average Bonchev–Trinajstić information content (AvgIpc) is 3.70. The fraction of sp³-hybridized carbons (Fsp3) is 0.485. The number of nitrogens with two attached hydrogens (primary N) is 1. The number of phenols is 1. The van der Waals surface area contributed by atoms with Gasteiger partial charge in [-0.3, -0.25) is 9.88 Å². The number of hydrogen-bond donors (Lipinski definition) is 2. The molecule has 2 aromatic carbocycles. The van der Waals surface area contributed by atoms with Gasteiger partial charge in [-0.2, -0.15) is 9.97 Å². The molecule has 9 nitrogen and oxygen atoms in total. The van der Waals surface area contributed by atoms with Gasteiger partial charge in [0.1, 0.15) is 29.4 Å². The lowest BCUT2D eigenvalue weighted by Crippen LogP contribution is -2.45. The normalized spacial score (nSPS) is 23.0. The van der Waals surface area contributed by atoms with Crippen LogP contribution in [0.5, 0.6) is 11.8 Å². The van der Waals surface area contributed by atoms with E-state index in [1.54, 1.807) is 18.3 Å². The van der Waals surface area contributed by atoms with Crippen molar-refractivity contribution in [1.29, 1.82) is 0 Å². The van der Waals surface area contributed by atoms with Gasteiger partial charge in [0.2, 0.25) is 0 Å². The highest BCUT2D eigenvalue weighted by Crippen LogP contribution is 2.42. The van der Waals surface area contributed by atoms with Crippen LogP contribution in [0.3, 0.4) is 0 Å². The Kier molecular flexibility index (Phi) is 6.43. The van der Waals surface area contributed by atoms with E-state index in [2.05, 4.69) is 19.8 Å². The van der Waals surface area contributed by atoms with Gasteiger partial charge >= 0.3 is 6.01 Å². The molecule has 4 aliphatic heterocycles. The van der Waals surface area contributed by atoms with Crippen LogP contribution in [0.15, 0.2) is 42.6 Å². The van der Waals surface area contributed by atoms with Crippen molar-refractivity contribution in [3.8, 4) is 23.0 Å². The number of anilines is 1. The molecule has 43 heavy (non-hydrogen) atoms. The van der Waals surface area contributed by atoms with Gasteiger partial charge in [0.15, 0.2) is 5.82 Å². The molecular weight excluding hydrogens is 547 g/mol. The van der Waals surface area contributed by atoms with Crippen LogP contribution in [0.4, 0.5) is 10.2 Å². The summed E-state index contributed by atoms with van der Waals surface area (Å²) < 4.78 is 29.1. The van der Waals surface area contributed by atoms with E-state index in [1.807, 2.05) is 24.3 Å². The van der Waals surface area contributed by atoms with Crippen LogP contribution in [0.2, 0.25) is 0 Å². The number of phenolic OH excluding ortho intramolecular Hbond substituents is 1. The minimum Gasteiger partial charge on any atom is -0.508 e. The van der Waals surface area contributed by atoms with Crippen LogP contribution in [-0.2, 0) is 4.74 Å². The summed E-state index contributed by atoms with van der Waals surface area (Å²) in [5.74, 6) is 0.125. The summed E-state index contributed by atoms with van der Waals surface area (Å²) in [4.78, 5) is 18.9. The van der Waals surface area contributed by atoms with Gasteiger partial charge in [0, 0.05) is 30.9 Å². The molecule has 1 atom stereocenters. The summed E-state index contributed by atoms with van der Waals surface area (Å²) in [7, 11) is 0. The second kappa shape index (κ2) is 10.2.